The highest BCUT2D eigenvalue weighted by Crippen LogP contribution is 2.32. The molecule has 0 spiro atoms. The number of halogens is 2. The maximum Gasteiger partial charge on any atom is 0.127 e. The van der Waals surface area contributed by atoms with Crippen LogP contribution in [0.3, 0.4) is 0 Å². The molecule has 1 aromatic carbocycles. The van der Waals surface area contributed by atoms with Crippen molar-refractivity contribution >= 4 is 22.6 Å². The molecule has 2 heterocycles. The Hall–Kier alpha value is -1.13. The Morgan fingerprint density at radius 3 is 2.70 bits per heavy atom. The second-order valence-electron chi connectivity index (χ2n) is 5.62. The average molecular weight is 296 g/mol. The second-order valence-corrected chi connectivity index (χ2v) is 6.28. The lowest BCUT2D eigenvalue weighted by Crippen LogP contribution is -2.32. The van der Waals surface area contributed by atoms with Gasteiger partial charge < -0.3 is 9.47 Å². The van der Waals surface area contributed by atoms with E-state index < -0.39 is 0 Å². The van der Waals surface area contributed by atoms with Crippen molar-refractivity contribution in [2.45, 2.75) is 31.2 Å². The van der Waals surface area contributed by atoms with Gasteiger partial charge in [-0.1, -0.05) is 0 Å². The van der Waals surface area contributed by atoms with Gasteiger partial charge in [0.25, 0.3) is 0 Å². The molecule has 0 N–H and O–H groups in total. The van der Waals surface area contributed by atoms with E-state index in [-0.39, 0.29) is 11.2 Å². The van der Waals surface area contributed by atoms with E-state index in [0.717, 1.165) is 42.8 Å². The molecule has 0 amide bonds. The predicted molar refractivity (Wildman–Crippen MR) is 79.7 cm³/mol. The number of fused-ring (bicyclic) bond motifs is 1. The Bertz CT molecular complexity index is 615. The standard InChI is InChI=1S/C15H19ClFN3/c1-10(16)15-18-13-4-3-11(17)9-14(13)20(15)12-5-7-19(2)8-6-12/h3-4,9-10,12H,5-8H2,1-2H3. The van der Waals surface area contributed by atoms with E-state index in [0.29, 0.717) is 6.04 Å². The van der Waals surface area contributed by atoms with E-state index in [1.165, 1.54) is 6.07 Å². The van der Waals surface area contributed by atoms with Gasteiger partial charge in [-0.05, 0) is 58.1 Å². The third kappa shape index (κ3) is 2.42. The zero-order valence-electron chi connectivity index (χ0n) is 11.8. The fourth-order valence-electron chi connectivity index (χ4n) is 3.00. The highest BCUT2D eigenvalue weighted by Gasteiger charge is 2.24. The minimum absolute atomic E-state index is 0.176. The van der Waals surface area contributed by atoms with E-state index in [4.69, 9.17) is 11.6 Å². The van der Waals surface area contributed by atoms with Gasteiger partial charge in [0, 0.05) is 6.04 Å². The van der Waals surface area contributed by atoms with Gasteiger partial charge in [-0.15, -0.1) is 11.6 Å². The quantitative estimate of drug-likeness (QED) is 0.787. The van der Waals surface area contributed by atoms with Crippen LogP contribution in [0.15, 0.2) is 18.2 Å². The molecule has 5 heteroatoms. The third-order valence-corrected chi connectivity index (χ3v) is 4.28. The van der Waals surface area contributed by atoms with E-state index in [1.807, 2.05) is 6.92 Å². The number of benzene rings is 1. The largest absolute Gasteiger partial charge is 0.323 e. The maximum atomic E-state index is 13.6. The Morgan fingerprint density at radius 1 is 1.35 bits per heavy atom. The van der Waals surface area contributed by atoms with E-state index in [1.54, 1.807) is 12.1 Å². The lowest BCUT2D eigenvalue weighted by molar-refractivity contribution is 0.221. The van der Waals surface area contributed by atoms with E-state index in [2.05, 4.69) is 21.5 Å². The lowest BCUT2D eigenvalue weighted by atomic mass is 10.0. The fourth-order valence-corrected chi connectivity index (χ4v) is 3.16. The second kappa shape index (κ2) is 5.34. The van der Waals surface area contributed by atoms with Gasteiger partial charge in [0.15, 0.2) is 0 Å². The molecule has 1 aliphatic rings. The molecule has 108 valence electrons. The zero-order chi connectivity index (χ0) is 14.3. The number of alkyl halides is 1. The van der Waals surface area contributed by atoms with Crippen molar-refractivity contribution in [2.24, 2.45) is 0 Å². The number of aromatic nitrogens is 2. The summed E-state index contributed by atoms with van der Waals surface area (Å²) in [6.07, 6.45) is 2.10. The van der Waals surface area contributed by atoms with Crippen LogP contribution in [0, 0.1) is 5.82 Å². The van der Waals surface area contributed by atoms with Gasteiger partial charge in [-0.2, -0.15) is 0 Å². The predicted octanol–water partition coefficient (Wildman–Crippen LogP) is 3.74. The topological polar surface area (TPSA) is 21.1 Å². The van der Waals surface area contributed by atoms with Crippen molar-refractivity contribution in [3.05, 3.63) is 29.8 Å². The van der Waals surface area contributed by atoms with Gasteiger partial charge >= 0.3 is 0 Å². The number of hydrogen-bond donors (Lipinski definition) is 0. The van der Waals surface area contributed by atoms with Crippen molar-refractivity contribution < 1.29 is 4.39 Å². The van der Waals surface area contributed by atoms with Crippen LogP contribution in [0.4, 0.5) is 4.39 Å². The molecule has 0 bridgehead atoms. The molecule has 2 aromatic rings. The van der Waals surface area contributed by atoms with Gasteiger partial charge in [0.1, 0.15) is 11.6 Å². The molecule has 0 saturated carbocycles. The van der Waals surface area contributed by atoms with Crippen LogP contribution in [-0.4, -0.2) is 34.6 Å². The molecule has 1 saturated heterocycles. The lowest BCUT2D eigenvalue weighted by Gasteiger charge is -2.31. The van der Waals surface area contributed by atoms with Crippen molar-refractivity contribution in [3.8, 4) is 0 Å². The average Bonchev–Trinajstić information content (AvgIpc) is 2.78. The Morgan fingerprint density at radius 2 is 2.05 bits per heavy atom. The van der Waals surface area contributed by atoms with Crippen LogP contribution in [0.2, 0.25) is 0 Å². The number of imidazole rings is 1. The van der Waals surface area contributed by atoms with Gasteiger partial charge in [-0.25, -0.2) is 9.37 Å². The summed E-state index contributed by atoms with van der Waals surface area (Å²) < 4.78 is 15.7. The molecule has 20 heavy (non-hydrogen) atoms. The van der Waals surface area contributed by atoms with Crippen molar-refractivity contribution in [3.63, 3.8) is 0 Å². The molecular weight excluding hydrogens is 277 g/mol. The van der Waals surface area contributed by atoms with Crippen LogP contribution in [-0.2, 0) is 0 Å². The van der Waals surface area contributed by atoms with Crippen LogP contribution < -0.4 is 0 Å². The fraction of sp³-hybridized carbons (Fsp3) is 0.533. The molecule has 1 unspecified atom stereocenters. The first kappa shape index (κ1) is 13.8. The molecule has 1 aliphatic heterocycles. The van der Waals surface area contributed by atoms with Crippen molar-refractivity contribution in [1.82, 2.24) is 14.5 Å². The molecule has 3 rings (SSSR count). The Kier molecular flexibility index (Phi) is 3.69. The number of hydrogen-bond acceptors (Lipinski definition) is 2. The number of nitrogens with zero attached hydrogens (tertiary/aromatic N) is 3. The third-order valence-electron chi connectivity index (χ3n) is 4.09. The minimum Gasteiger partial charge on any atom is -0.323 e. The smallest absolute Gasteiger partial charge is 0.127 e. The first-order valence-corrected chi connectivity index (χ1v) is 7.50. The summed E-state index contributed by atoms with van der Waals surface area (Å²) >= 11 is 6.28. The maximum absolute atomic E-state index is 13.6. The summed E-state index contributed by atoms with van der Waals surface area (Å²) in [7, 11) is 2.13. The molecule has 1 aromatic heterocycles. The van der Waals surface area contributed by atoms with Crippen LogP contribution in [0.25, 0.3) is 11.0 Å². The Balaban J connectivity index is 2.10. The highest BCUT2D eigenvalue weighted by atomic mass is 35.5. The normalized spacial score (nSPS) is 19.6. The zero-order valence-corrected chi connectivity index (χ0v) is 12.6. The summed E-state index contributed by atoms with van der Waals surface area (Å²) in [6.45, 7) is 4.02. The molecule has 1 fully saturated rings. The summed E-state index contributed by atoms with van der Waals surface area (Å²) in [6, 6.07) is 5.12. The summed E-state index contributed by atoms with van der Waals surface area (Å²) in [5, 5.41) is -0.176. The van der Waals surface area contributed by atoms with Crippen molar-refractivity contribution in [2.75, 3.05) is 20.1 Å². The monoisotopic (exact) mass is 295 g/mol. The molecule has 1 atom stereocenters. The number of piperidine rings is 1. The van der Waals surface area contributed by atoms with Gasteiger partial charge in [0.05, 0.1) is 16.4 Å². The van der Waals surface area contributed by atoms with Crippen molar-refractivity contribution in [1.29, 1.82) is 0 Å². The minimum atomic E-state index is -0.222. The van der Waals surface area contributed by atoms with Crippen LogP contribution in [0.1, 0.15) is 37.0 Å². The molecule has 0 radical (unpaired) electrons. The summed E-state index contributed by atoms with van der Waals surface area (Å²) in [5.41, 5.74) is 1.69. The molecule has 0 aliphatic carbocycles. The first-order chi connectivity index (χ1) is 9.56. The Labute approximate surface area is 123 Å². The van der Waals surface area contributed by atoms with E-state index in [9.17, 15) is 4.39 Å². The van der Waals surface area contributed by atoms with Gasteiger partial charge in [0.2, 0.25) is 0 Å². The highest BCUT2D eigenvalue weighted by molar-refractivity contribution is 6.20. The number of rotatable bonds is 2. The molecule has 3 nitrogen and oxygen atoms in total. The number of likely N-dealkylation sites (tertiary alicyclic amines) is 1. The first-order valence-electron chi connectivity index (χ1n) is 7.06. The summed E-state index contributed by atoms with van der Waals surface area (Å²) in [5.74, 6) is 0.627. The van der Waals surface area contributed by atoms with Crippen LogP contribution in [0.5, 0.6) is 0 Å². The SMILES string of the molecule is CC(Cl)c1nc2ccc(F)cc2n1C1CCN(C)CC1. The van der Waals surface area contributed by atoms with Gasteiger partial charge in [-0.3, -0.25) is 0 Å². The summed E-state index contributed by atoms with van der Waals surface area (Å²) in [4.78, 5) is 6.92. The van der Waals surface area contributed by atoms with Crippen LogP contribution >= 0.6 is 11.6 Å². The molecular formula is C15H19ClFN3. The van der Waals surface area contributed by atoms with E-state index >= 15 is 0 Å².